The summed E-state index contributed by atoms with van der Waals surface area (Å²) in [5.74, 6) is 0.467. The first-order valence-electron chi connectivity index (χ1n) is 7.37. The Morgan fingerprint density at radius 2 is 2.05 bits per heavy atom. The highest BCUT2D eigenvalue weighted by atomic mass is 17.0. The van der Waals surface area contributed by atoms with Crippen LogP contribution in [0, 0.1) is 17.8 Å². The summed E-state index contributed by atoms with van der Waals surface area (Å²) in [6.07, 6.45) is 1.13. The van der Waals surface area contributed by atoms with Gasteiger partial charge >= 0.3 is 5.97 Å². The highest BCUT2D eigenvalue weighted by molar-refractivity contribution is 5.75. The summed E-state index contributed by atoms with van der Waals surface area (Å²) in [6.45, 7) is 6.82. The lowest BCUT2D eigenvalue weighted by Gasteiger charge is -2.47. The van der Waals surface area contributed by atoms with Crippen molar-refractivity contribution in [2.24, 2.45) is 17.8 Å². The summed E-state index contributed by atoms with van der Waals surface area (Å²) in [4.78, 5) is 23.5. The predicted molar refractivity (Wildman–Crippen MR) is 69.0 cm³/mol. The number of hydrogen-bond acceptors (Lipinski definition) is 6. The van der Waals surface area contributed by atoms with E-state index in [-0.39, 0.29) is 29.6 Å². The number of nitrogens with zero attached hydrogens (tertiary/aromatic N) is 1. The van der Waals surface area contributed by atoms with Crippen LogP contribution >= 0.6 is 0 Å². The first kappa shape index (κ1) is 14.3. The van der Waals surface area contributed by atoms with Crippen LogP contribution in [0.5, 0.6) is 0 Å². The predicted octanol–water partition coefficient (Wildman–Crippen LogP) is 1.50. The standard InChI is InChI=1S/C14H23NO5/c1-5-18-13-8(2)9-6-7-10-11(12(16)17-4)19-15(20-13)14(9,10)3/h8-11,13H,5-7H2,1-4H3/t8-,9+,10-,11+,13-,14-/m1/s1. The van der Waals surface area contributed by atoms with Crippen LogP contribution in [0.2, 0.25) is 0 Å². The lowest BCUT2D eigenvalue weighted by Crippen LogP contribution is -2.58. The molecule has 6 heteroatoms. The lowest BCUT2D eigenvalue weighted by atomic mass is 9.74. The van der Waals surface area contributed by atoms with Gasteiger partial charge in [0.25, 0.3) is 0 Å². The largest absolute Gasteiger partial charge is 0.467 e. The zero-order valence-corrected chi connectivity index (χ0v) is 12.5. The number of carbonyl (C=O) groups is 1. The quantitative estimate of drug-likeness (QED) is 0.733. The molecule has 0 aromatic heterocycles. The Morgan fingerprint density at radius 1 is 1.35 bits per heavy atom. The van der Waals surface area contributed by atoms with E-state index in [0.29, 0.717) is 12.5 Å². The van der Waals surface area contributed by atoms with E-state index in [4.69, 9.17) is 19.1 Å². The van der Waals surface area contributed by atoms with Crippen molar-refractivity contribution < 1.29 is 23.9 Å². The van der Waals surface area contributed by atoms with Crippen LogP contribution < -0.4 is 0 Å². The molecule has 0 aromatic rings. The van der Waals surface area contributed by atoms with Crippen LogP contribution in [0.1, 0.15) is 33.6 Å². The summed E-state index contributed by atoms with van der Waals surface area (Å²) in [5.41, 5.74) is -0.272. The van der Waals surface area contributed by atoms with Crippen LogP contribution in [-0.2, 0) is 23.9 Å². The zero-order valence-electron chi connectivity index (χ0n) is 12.5. The summed E-state index contributed by atoms with van der Waals surface area (Å²) in [7, 11) is 1.39. The van der Waals surface area contributed by atoms with Crippen molar-refractivity contribution >= 4 is 5.97 Å². The maximum absolute atomic E-state index is 11.9. The van der Waals surface area contributed by atoms with E-state index in [2.05, 4.69) is 13.8 Å². The maximum atomic E-state index is 11.9. The molecule has 114 valence electrons. The van der Waals surface area contributed by atoms with Crippen molar-refractivity contribution in [1.82, 2.24) is 5.23 Å². The average molecular weight is 285 g/mol. The first-order chi connectivity index (χ1) is 9.53. The summed E-state index contributed by atoms with van der Waals surface area (Å²) in [6, 6.07) is 0. The van der Waals surface area contributed by atoms with Gasteiger partial charge in [0.05, 0.1) is 12.6 Å². The molecule has 0 bridgehead atoms. The monoisotopic (exact) mass is 285 g/mol. The molecule has 3 rings (SSSR count). The molecular weight excluding hydrogens is 262 g/mol. The Hall–Kier alpha value is -0.690. The summed E-state index contributed by atoms with van der Waals surface area (Å²) >= 11 is 0. The van der Waals surface area contributed by atoms with Gasteiger partial charge in [0.2, 0.25) is 0 Å². The molecule has 6 atom stereocenters. The molecule has 0 spiro atoms. The van der Waals surface area contributed by atoms with Crippen molar-refractivity contribution in [3.05, 3.63) is 0 Å². The van der Waals surface area contributed by atoms with Crippen LogP contribution in [0.4, 0.5) is 0 Å². The Balaban J connectivity index is 1.88. The topological polar surface area (TPSA) is 57.2 Å². The van der Waals surface area contributed by atoms with Crippen LogP contribution in [0.25, 0.3) is 0 Å². The second kappa shape index (κ2) is 4.94. The van der Waals surface area contributed by atoms with E-state index in [1.54, 1.807) is 0 Å². The second-order valence-electron chi connectivity index (χ2n) is 6.11. The number of hydrogen-bond donors (Lipinski definition) is 0. The zero-order chi connectivity index (χ0) is 14.5. The molecule has 2 saturated heterocycles. The maximum Gasteiger partial charge on any atom is 0.337 e. The van der Waals surface area contributed by atoms with E-state index >= 15 is 0 Å². The lowest BCUT2D eigenvalue weighted by molar-refractivity contribution is -0.469. The number of hydroxylamine groups is 2. The Labute approximate surface area is 119 Å². The minimum Gasteiger partial charge on any atom is -0.467 e. The number of methoxy groups -OCH3 is 1. The normalized spacial score (nSPS) is 47.3. The summed E-state index contributed by atoms with van der Waals surface area (Å²) in [5, 5.41) is 1.53. The van der Waals surface area contributed by atoms with Gasteiger partial charge in [-0.05, 0) is 32.6 Å². The molecule has 2 aliphatic heterocycles. The highest BCUT2D eigenvalue weighted by Gasteiger charge is 2.67. The van der Waals surface area contributed by atoms with E-state index in [1.807, 2.05) is 6.92 Å². The first-order valence-corrected chi connectivity index (χ1v) is 7.37. The fourth-order valence-corrected chi connectivity index (χ4v) is 4.22. The van der Waals surface area contributed by atoms with Gasteiger partial charge in [0.15, 0.2) is 12.4 Å². The van der Waals surface area contributed by atoms with E-state index in [0.717, 1.165) is 12.8 Å². The average Bonchev–Trinajstić information content (AvgIpc) is 2.92. The molecule has 1 aliphatic carbocycles. The molecule has 2 heterocycles. The minimum absolute atomic E-state index is 0.116. The van der Waals surface area contributed by atoms with Gasteiger partial charge in [-0.25, -0.2) is 9.63 Å². The number of esters is 1. The van der Waals surface area contributed by atoms with Crippen molar-refractivity contribution in [2.45, 2.75) is 51.5 Å². The number of ether oxygens (including phenoxy) is 2. The molecule has 6 nitrogen and oxygen atoms in total. The van der Waals surface area contributed by atoms with Crippen LogP contribution in [0.15, 0.2) is 0 Å². The smallest absolute Gasteiger partial charge is 0.337 e. The van der Waals surface area contributed by atoms with Gasteiger partial charge in [-0.15, -0.1) is 0 Å². The third-order valence-corrected chi connectivity index (χ3v) is 5.29. The summed E-state index contributed by atoms with van der Waals surface area (Å²) < 4.78 is 10.5. The van der Waals surface area contributed by atoms with E-state index in [9.17, 15) is 4.79 Å². The van der Waals surface area contributed by atoms with Gasteiger partial charge in [0.1, 0.15) is 0 Å². The Kier molecular flexibility index (Phi) is 3.52. The number of rotatable bonds is 3. The SMILES string of the molecule is CCO[C@@H]1ON2O[C@H](C(=O)OC)[C@H]3CC[C@@H]([C@H]1C)[C@]32C. The van der Waals surface area contributed by atoms with E-state index < -0.39 is 6.10 Å². The van der Waals surface area contributed by atoms with Gasteiger partial charge in [-0.1, -0.05) is 12.2 Å². The fourth-order valence-electron chi connectivity index (χ4n) is 4.22. The molecule has 1 saturated carbocycles. The molecule has 0 aromatic carbocycles. The molecule has 0 amide bonds. The van der Waals surface area contributed by atoms with Gasteiger partial charge in [0, 0.05) is 18.4 Å². The Morgan fingerprint density at radius 3 is 2.70 bits per heavy atom. The van der Waals surface area contributed by atoms with Crippen molar-refractivity contribution in [1.29, 1.82) is 0 Å². The van der Waals surface area contributed by atoms with Crippen molar-refractivity contribution in [3.8, 4) is 0 Å². The minimum atomic E-state index is -0.567. The van der Waals surface area contributed by atoms with Crippen molar-refractivity contribution in [2.75, 3.05) is 13.7 Å². The highest BCUT2D eigenvalue weighted by Crippen LogP contribution is 2.57. The second-order valence-corrected chi connectivity index (χ2v) is 6.11. The molecule has 0 N–H and O–H groups in total. The van der Waals surface area contributed by atoms with Crippen LogP contribution in [-0.4, -0.2) is 42.8 Å². The van der Waals surface area contributed by atoms with Gasteiger partial charge < -0.3 is 9.47 Å². The molecule has 20 heavy (non-hydrogen) atoms. The van der Waals surface area contributed by atoms with Gasteiger partial charge in [-0.3, -0.25) is 4.84 Å². The van der Waals surface area contributed by atoms with Crippen molar-refractivity contribution in [3.63, 3.8) is 0 Å². The molecule has 3 aliphatic rings. The van der Waals surface area contributed by atoms with Gasteiger partial charge in [-0.2, -0.15) is 0 Å². The fraction of sp³-hybridized carbons (Fsp3) is 0.929. The molecule has 0 radical (unpaired) electrons. The molecule has 3 fully saturated rings. The third-order valence-electron chi connectivity index (χ3n) is 5.29. The number of carbonyl (C=O) groups excluding carboxylic acids is 1. The molecular formula is C14H23NO5. The third kappa shape index (κ3) is 1.75. The molecule has 0 unspecified atom stereocenters. The van der Waals surface area contributed by atoms with Crippen LogP contribution in [0.3, 0.4) is 0 Å². The van der Waals surface area contributed by atoms with E-state index in [1.165, 1.54) is 12.3 Å². The Bertz CT molecular complexity index is 403.